The summed E-state index contributed by atoms with van der Waals surface area (Å²) in [7, 11) is 3.99. The summed E-state index contributed by atoms with van der Waals surface area (Å²) in [6.45, 7) is 4.77. The topological polar surface area (TPSA) is 58.1 Å². The maximum absolute atomic E-state index is 12.6. The Balaban J connectivity index is 0.000000241. The van der Waals surface area contributed by atoms with Gasteiger partial charge in [0.05, 0.1) is 11.1 Å². The number of aromatic nitrogens is 2. The first-order valence-corrected chi connectivity index (χ1v) is 13.1. The molecule has 5 nitrogen and oxygen atoms in total. The zero-order chi connectivity index (χ0) is 27.7. The SMILES string of the molecule is CCC1CCC(CNC(=O)/C=C/c2cccc(C(F)(F)F)c2)CC1.Cc1nc(N(C)C)c2ccccc2n1. The summed E-state index contributed by atoms with van der Waals surface area (Å²) in [4.78, 5) is 22.6. The number of aryl methyl sites for hydroxylation is 1. The number of benzene rings is 2. The molecule has 1 heterocycles. The Morgan fingerprint density at radius 1 is 1.03 bits per heavy atom. The minimum Gasteiger partial charge on any atom is -0.362 e. The fraction of sp³-hybridized carbons (Fsp3) is 0.433. The first-order valence-electron chi connectivity index (χ1n) is 13.1. The lowest BCUT2D eigenvalue weighted by molar-refractivity contribution is -0.137. The average molecular weight is 527 g/mol. The van der Waals surface area contributed by atoms with Crippen LogP contribution in [0.25, 0.3) is 17.0 Å². The van der Waals surface area contributed by atoms with Gasteiger partial charge in [-0.3, -0.25) is 4.79 Å². The van der Waals surface area contributed by atoms with Gasteiger partial charge in [-0.2, -0.15) is 13.2 Å². The maximum Gasteiger partial charge on any atom is 0.416 e. The van der Waals surface area contributed by atoms with E-state index < -0.39 is 11.7 Å². The second-order valence-corrected chi connectivity index (χ2v) is 10.0. The smallest absolute Gasteiger partial charge is 0.362 e. The lowest BCUT2D eigenvalue weighted by Crippen LogP contribution is -2.30. The van der Waals surface area contributed by atoms with E-state index in [9.17, 15) is 18.0 Å². The quantitative estimate of drug-likeness (QED) is 0.350. The molecule has 1 aliphatic rings. The Bertz CT molecular complexity index is 1230. The van der Waals surface area contributed by atoms with Crippen LogP contribution in [0.4, 0.5) is 19.0 Å². The summed E-state index contributed by atoms with van der Waals surface area (Å²) in [6, 6.07) is 13.0. The average Bonchev–Trinajstić information content (AvgIpc) is 2.90. The largest absolute Gasteiger partial charge is 0.416 e. The monoisotopic (exact) mass is 526 g/mol. The number of carbonyl (C=O) groups excluding carboxylic acids is 1. The van der Waals surface area contributed by atoms with Gasteiger partial charge in [0.1, 0.15) is 11.6 Å². The molecule has 0 unspecified atom stereocenters. The first-order chi connectivity index (χ1) is 18.1. The molecule has 8 heteroatoms. The molecule has 0 bridgehead atoms. The number of nitrogens with zero attached hydrogens (tertiary/aromatic N) is 3. The van der Waals surface area contributed by atoms with E-state index in [2.05, 4.69) is 22.2 Å². The van der Waals surface area contributed by atoms with Gasteiger partial charge in [0.15, 0.2) is 0 Å². The van der Waals surface area contributed by atoms with Gasteiger partial charge < -0.3 is 10.2 Å². The fourth-order valence-electron chi connectivity index (χ4n) is 4.65. The fourth-order valence-corrected chi connectivity index (χ4v) is 4.65. The molecule has 0 saturated heterocycles. The van der Waals surface area contributed by atoms with Gasteiger partial charge in [-0.15, -0.1) is 0 Å². The van der Waals surface area contributed by atoms with E-state index >= 15 is 0 Å². The molecule has 1 aromatic heterocycles. The molecule has 0 radical (unpaired) electrons. The Labute approximate surface area is 223 Å². The summed E-state index contributed by atoms with van der Waals surface area (Å²) < 4.78 is 37.9. The molecular formula is C30H37F3N4O. The van der Waals surface area contributed by atoms with Gasteiger partial charge in [0.2, 0.25) is 5.91 Å². The lowest BCUT2D eigenvalue weighted by atomic mass is 9.81. The van der Waals surface area contributed by atoms with E-state index in [4.69, 9.17) is 0 Å². The number of para-hydroxylation sites is 1. The van der Waals surface area contributed by atoms with Crippen molar-refractivity contribution in [1.29, 1.82) is 0 Å². The molecule has 0 atom stereocenters. The maximum atomic E-state index is 12.6. The molecule has 2 aromatic carbocycles. The number of anilines is 1. The highest BCUT2D eigenvalue weighted by molar-refractivity contribution is 5.91. The van der Waals surface area contributed by atoms with Crippen LogP contribution in [-0.4, -0.2) is 36.5 Å². The van der Waals surface area contributed by atoms with Gasteiger partial charge in [-0.05, 0) is 67.5 Å². The van der Waals surface area contributed by atoms with E-state index in [0.29, 0.717) is 18.0 Å². The van der Waals surface area contributed by atoms with Gasteiger partial charge in [0, 0.05) is 32.1 Å². The Hall–Kier alpha value is -3.42. The second kappa shape index (κ2) is 13.4. The van der Waals surface area contributed by atoms with Crippen LogP contribution >= 0.6 is 0 Å². The highest BCUT2D eigenvalue weighted by Gasteiger charge is 2.30. The summed E-state index contributed by atoms with van der Waals surface area (Å²) in [6.07, 6.45) is 4.27. The summed E-state index contributed by atoms with van der Waals surface area (Å²) in [5.74, 6) is 2.86. The zero-order valence-corrected chi connectivity index (χ0v) is 22.6. The van der Waals surface area contributed by atoms with Crippen LogP contribution in [0.1, 0.15) is 56.0 Å². The number of hydrogen-bond donors (Lipinski definition) is 1. The molecule has 4 rings (SSSR count). The van der Waals surface area contributed by atoms with Crippen molar-refractivity contribution in [2.45, 2.75) is 52.1 Å². The number of carbonyl (C=O) groups is 1. The van der Waals surface area contributed by atoms with Gasteiger partial charge in [0.25, 0.3) is 0 Å². The Kier molecular flexibility index (Phi) is 10.3. The van der Waals surface area contributed by atoms with E-state index in [-0.39, 0.29) is 5.91 Å². The van der Waals surface area contributed by atoms with Crippen LogP contribution in [0, 0.1) is 18.8 Å². The number of alkyl halides is 3. The summed E-state index contributed by atoms with van der Waals surface area (Å²) >= 11 is 0. The third-order valence-electron chi connectivity index (χ3n) is 6.87. The van der Waals surface area contributed by atoms with Crippen molar-refractivity contribution in [2.75, 3.05) is 25.5 Å². The predicted octanol–water partition coefficient (Wildman–Crippen LogP) is 7.06. The van der Waals surface area contributed by atoms with E-state index in [1.165, 1.54) is 37.5 Å². The number of fused-ring (bicyclic) bond motifs is 1. The van der Waals surface area contributed by atoms with Crippen LogP contribution in [0.15, 0.2) is 54.6 Å². The van der Waals surface area contributed by atoms with Gasteiger partial charge >= 0.3 is 6.18 Å². The number of nitrogens with one attached hydrogen (secondary N) is 1. The number of rotatable bonds is 6. The minimum absolute atomic E-state index is 0.259. The molecule has 204 valence electrons. The molecular weight excluding hydrogens is 489 g/mol. The van der Waals surface area contributed by atoms with E-state index in [0.717, 1.165) is 53.4 Å². The van der Waals surface area contributed by atoms with Crippen molar-refractivity contribution < 1.29 is 18.0 Å². The van der Waals surface area contributed by atoms with Crippen molar-refractivity contribution >= 4 is 28.7 Å². The van der Waals surface area contributed by atoms with E-state index in [1.807, 2.05) is 50.2 Å². The van der Waals surface area contributed by atoms with Crippen LogP contribution in [0.3, 0.4) is 0 Å². The standard InChI is InChI=1S/C19H24F3NO.C11H13N3/c1-2-14-6-8-16(9-7-14)13-23-18(24)11-10-15-4-3-5-17(12-15)19(20,21)22;1-8-12-10-7-5-4-6-9(10)11(13-8)14(2)3/h3-5,10-12,14,16H,2,6-9,13H2,1H3,(H,23,24);4-7H,1-3H3/b11-10+;. The Morgan fingerprint density at radius 3 is 2.37 bits per heavy atom. The van der Waals surface area contributed by atoms with Crippen LogP contribution < -0.4 is 10.2 Å². The molecule has 1 saturated carbocycles. The van der Waals surface area contributed by atoms with Crippen molar-refractivity contribution in [3.8, 4) is 0 Å². The van der Waals surface area contributed by atoms with E-state index in [1.54, 1.807) is 6.07 Å². The van der Waals surface area contributed by atoms with Gasteiger partial charge in [-0.25, -0.2) is 9.97 Å². The zero-order valence-electron chi connectivity index (χ0n) is 22.6. The molecule has 0 spiro atoms. The highest BCUT2D eigenvalue weighted by Crippen LogP contribution is 2.31. The molecule has 1 fully saturated rings. The normalized spacial score (nSPS) is 17.7. The third kappa shape index (κ3) is 8.57. The first kappa shape index (κ1) is 29.1. The molecule has 1 amide bonds. The number of halogens is 3. The molecule has 1 N–H and O–H groups in total. The van der Waals surface area contributed by atoms with Crippen molar-refractivity contribution in [2.24, 2.45) is 11.8 Å². The van der Waals surface area contributed by atoms with Crippen molar-refractivity contribution in [3.05, 3.63) is 71.6 Å². The highest BCUT2D eigenvalue weighted by atomic mass is 19.4. The second-order valence-electron chi connectivity index (χ2n) is 10.0. The number of amides is 1. The van der Waals surface area contributed by atoms with Crippen molar-refractivity contribution in [3.63, 3.8) is 0 Å². The molecule has 3 aromatic rings. The van der Waals surface area contributed by atoms with Crippen LogP contribution in [-0.2, 0) is 11.0 Å². The minimum atomic E-state index is -4.37. The predicted molar refractivity (Wildman–Crippen MR) is 148 cm³/mol. The Morgan fingerprint density at radius 2 is 1.71 bits per heavy atom. The lowest BCUT2D eigenvalue weighted by Gasteiger charge is -2.27. The van der Waals surface area contributed by atoms with Crippen LogP contribution in [0.2, 0.25) is 0 Å². The summed E-state index contributed by atoms with van der Waals surface area (Å²) in [5.41, 5.74) is 0.657. The molecule has 38 heavy (non-hydrogen) atoms. The third-order valence-corrected chi connectivity index (χ3v) is 6.87. The molecule has 1 aliphatic carbocycles. The van der Waals surface area contributed by atoms with Crippen LogP contribution in [0.5, 0.6) is 0 Å². The summed E-state index contributed by atoms with van der Waals surface area (Å²) in [5, 5.41) is 3.95. The van der Waals surface area contributed by atoms with Gasteiger partial charge in [-0.1, -0.05) is 50.5 Å². The number of hydrogen-bond acceptors (Lipinski definition) is 4. The molecule has 0 aliphatic heterocycles. The van der Waals surface area contributed by atoms with Crippen molar-refractivity contribution in [1.82, 2.24) is 15.3 Å².